The fourth-order valence-corrected chi connectivity index (χ4v) is 4.54. The summed E-state index contributed by atoms with van der Waals surface area (Å²) in [6.07, 6.45) is 2.11. The van der Waals surface area contributed by atoms with Crippen molar-refractivity contribution in [3.05, 3.63) is 59.7 Å². The van der Waals surface area contributed by atoms with Crippen molar-refractivity contribution in [2.24, 2.45) is 5.92 Å². The van der Waals surface area contributed by atoms with E-state index in [1.54, 1.807) is 31.2 Å². The molecule has 2 aromatic rings. The third-order valence-corrected chi connectivity index (χ3v) is 7.17. The average molecular weight is 555 g/mol. The van der Waals surface area contributed by atoms with Gasteiger partial charge in [-0.3, -0.25) is 14.4 Å². The molecule has 11 nitrogen and oxygen atoms in total. The van der Waals surface area contributed by atoms with E-state index in [-0.39, 0.29) is 36.2 Å². The number of rotatable bonds is 13. The fraction of sp³-hybridized carbons (Fsp3) is 0.448. The summed E-state index contributed by atoms with van der Waals surface area (Å²) in [5.41, 5.74) is 1.31. The Kier molecular flexibility index (Phi) is 10.9. The molecule has 7 N–H and O–H groups in total. The SMILES string of the molecule is CCC(C)C(NC(=O)C(Cc1ccc(O)cc1)NC(=O)C(Cc1ccc(O)cc1)NC(=O)C1CCCN1)C(=O)O. The lowest BCUT2D eigenvalue weighted by atomic mass is 9.97. The second-order valence-corrected chi connectivity index (χ2v) is 10.2. The Hall–Kier alpha value is -4.12. The Bertz CT molecular complexity index is 1160. The molecule has 0 saturated carbocycles. The Morgan fingerprint density at radius 3 is 1.80 bits per heavy atom. The van der Waals surface area contributed by atoms with Gasteiger partial charge >= 0.3 is 5.97 Å². The summed E-state index contributed by atoms with van der Waals surface area (Å²) in [4.78, 5) is 51.7. The molecule has 5 unspecified atom stereocenters. The summed E-state index contributed by atoms with van der Waals surface area (Å²) in [7, 11) is 0. The number of hydrogen-bond acceptors (Lipinski definition) is 7. The Labute approximate surface area is 233 Å². The number of carboxylic acid groups (broad SMARTS) is 1. The highest BCUT2D eigenvalue weighted by molar-refractivity contribution is 5.94. The van der Waals surface area contributed by atoms with Crippen LogP contribution in [-0.4, -0.2) is 69.7 Å². The van der Waals surface area contributed by atoms with Gasteiger partial charge in [-0.05, 0) is 60.7 Å². The molecule has 0 bridgehead atoms. The quantitative estimate of drug-likeness (QED) is 0.193. The van der Waals surface area contributed by atoms with Crippen molar-refractivity contribution < 1.29 is 34.5 Å². The number of carboxylic acids is 1. The van der Waals surface area contributed by atoms with Gasteiger partial charge in [0.05, 0.1) is 6.04 Å². The number of aliphatic carboxylic acids is 1. The van der Waals surface area contributed by atoms with Gasteiger partial charge in [-0.15, -0.1) is 0 Å². The summed E-state index contributed by atoms with van der Waals surface area (Å²) in [5.74, 6) is -3.07. The van der Waals surface area contributed by atoms with Crippen LogP contribution < -0.4 is 21.3 Å². The first kappa shape index (κ1) is 30.4. The predicted octanol–water partition coefficient (Wildman–Crippen LogP) is 1.22. The number of hydrogen-bond donors (Lipinski definition) is 7. The molecule has 0 aliphatic carbocycles. The minimum Gasteiger partial charge on any atom is -0.508 e. The summed E-state index contributed by atoms with van der Waals surface area (Å²) in [6.45, 7) is 4.23. The Balaban J connectivity index is 1.85. The highest BCUT2D eigenvalue weighted by Gasteiger charge is 2.33. The van der Waals surface area contributed by atoms with Gasteiger partial charge in [-0.25, -0.2) is 4.79 Å². The van der Waals surface area contributed by atoms with Gasteiger partial charge in [0.2, 0.25) is 17.7 Å². The maximum absolute atomic E-state index is 13.6. The lowest BCUT2D eigenvalue weighted by molar-refractivity contribution is -0.143. The molecule has 5 atom stereocenters. The van der Waals surface area contributed by atoms with Gasteiger partial charge in [0.1, 0.15) is 29.6 Å². The predicted molar refractivity (Wildman–Crippen MR) is 148 cm³/mol. The van der Waals surface area contributed by atoms with Crippen molar-refractivity contribution in [3.63, 3.8) is 0 Å². The van der Waals surface area contributed by atoms with Crippen LogP contribution in [0.25, 0.3) is 0 Å². The molecule has 1 fully saturated rings. The van der Waals surface area contributed by atoms with E-state index in [4.69, 9.17) is 0 Å². The van der Waals surface area contributed by atoms with E-state index in [0.717, 1.165) is 6.42 Å². The van der Waals surface area contributed by atoms with E-state index in [1.165, 1.54) is 24.3 Å². The van der Waals surface area contributed by atoms with Crippen LogP contribution in [0.1, 0.15) is 44.2 Å². The minimum absolute atomic E-state index is 0.0226. The minimum atomic E-state index is -1.18. The second-order valence-electron chi connectivity index (χ2n) is 10.2. The van der Waals surface area contributed by atoms with Crippen LogP contribution >= 0.6 is 0 Å². The zero-order valence-electron chi connectivity index (χ0n) is 22.7. The second kappa shape index (κ2) is 14.3. The van der Waals surface area contributed by atoms with Crippen LogP contribution in [0.3, 0.4) is 0 Å². The summed E-state index contributed by atoms with van der Waals surface area (Å²) in [5, 5.41) is 40.1. The number of phenolic OH excluding ortho intramolecular Hbond substituents is 2. The standard InChI is InChI=1S/C29H38N4O7/c1-3-17(2)25(29(39)40)33-28(38)24(16-19-8-12-21(35)13-9-19)32-27(37)23(15-18-6-10-20(34)11-7-18)31-26(36)22-5-4-14-30-22/h6-13,17,22-25,30,34-35H,3-5,14-16H2,1-2H3,(H,31,36)(H,32,37)(H,33,38)(H,39,40). The topological polar surface area (TPSA) is 177 Å². The molecule has 3 rings (SSSR count). The third kappa shape index (κ3) is 8.70. The average Bonchev–Trinajstić information content (AvgIpc) is 3.48. The fourth-order valence-electron chi connectivity index (χ4n) is 4.54. The molecule has 11 heteroatoms. The third-order valence-electron chi connectivity index (χ3n) is 7.17. The van der Waals surface area contributed by atoms with Crippen LogP contribution in [0, 0.1) is 5.92 Å². The first-order chi connectivity index (χ1) is 19.1. The molecule has 1 heterocycles. The molecule has 40 heavy (non-hydrogen) atoms. The van der Waals surface area contributed by atoms with Crippen molar-refractivity contribution in [2.75, 3.05) is 6.54 Å². The maximum atomic E-state index is 13.6. The molecule has 1 aliphatic heterocycles. The van der Waals surface area contributed by atoms with Crippen molar-refractivity contribution in [2.45, 2.75) is 70.1 Å². The number of nitrogens with one attached hydrogen (secondary N) is 4. The normalized spacial score (nSPS) is 17.7. The molecule has 0 spiro atoms. The number of amides is 3. The molecule has 0 radical (unpaired) electrons. The van der Waals surface area contributed by atoms with Crippen molar-refractivity contribution in [1.29, 1.82) is 0 Å². The molecule has 1 saturated heterocycles. The van der Waals surface area contributed by atoms with Crippen LogP contribution in [-0.2, 0) is 32.0 Å². The van der Waals surface area contributed by atoms with Crippen LogP contribution in [0.15, 0.2) is 48.5 Å². The number of carbonyl (C=O) groups excluding carboxylic acids is 3. The maximum Gasteiger partial charge on any atom is 0.326 e. The van der Waals surface area contributed by atoms with E-state index in [9.17, 15) is 34.5 Å². The van der Waals surface area contributed by atoms with Gasteiger partial charge in [-0.1, -0.05) is 44.5 Å². The molecule has 0 aromatic heterocycles. The zero-order chi connectivity index (χ0) is 29.2. The van der Waals surface area contributed by atoms with Crippen LogP contribution in [0.2, 0.25) is 0 Å². The molecule has 3 amide bonds. The summed E-state index contributed by atoms with van der Waals surface area (Å²) >= 11 is 0. The van der Waals surface area contributed by atoms with Crippen molar-refractivity contribution >= 4 is 23.7 Å². The molecular formula is C29H38N4O7. The van der Waals surface area contributed by atoms with Crippen molar-refractivity contribution in [3.8, 4) is 11.5 Å². The molecular weight excluding hydrogens is 516 g/mol. The van der Waals surface area contributed by atoms with E-state index in [0.29, 0.717) is 30.5 Å². The highest BCUT2D eigenvalue weighted by atomic mass is 16.4. The highest BCUT2D eigenvalue weighted by Crippen LogP contribution is 2.15. The summed E-state index contributed by atoms with van der Waals surface area (Å²) in [6, 6.07) is 8.56. The lowest BCUT2D eigenvalue weighted by Gasteiger charge is -2.27. The number of phenols is 2. The molecule has 1 aliphatic rings. The molecule has 216 valence electrons. The first-order valence-corrected chi connectivity index (χ1v) is 13.5. The number of carbonyl (C=O) groups is 4. The van der Waals surface area contributed by atoms with Crippen LogP contribution in [0.4, 0.5) is 0 Å². The number of benzene rings is 2. The van der Waals surface area contributed by atoms with Gasteiger partial charge < -0.3 is 36.6 Å². The summed E-state index contributed by atoms with van der Waals surface area (Å²) < 4.78 is 0. The smallest absolute Gasteiger partial charge is 0.326 e. The van der Waals surface area contributed by atoms with E-state index >= 15 is 0 Å². The van der Waals surface area contributed by atoms with Gasteiger partial charge in [0, 0.05) is 12.8 Å². The van der Waals surface area contributed by atoms with E-state index < -0.39 is 42.0 Å². The van der Waals surface area contributed by atoms with Gasteiger partial charge in [0.15, 0.2) is 0 Å². The Morgan fingerprint density at radius 2 is 1.35 bits per heavy atom. The van der Waals surface area contributed by atoms with Crippen LogP contribution in [0.5, 0.6) is 11.5 Å². The zero-order valence-corrected chi connectivity index (χ0v) is 22.7. The largest absolute Gasteiger partial charge is 0.508 e. The monoisotopic (exact) mass is 554 g/mol. The van der Waals surface area contributed by atoms with Gasteiger partial charge in [-0.2, -0.15) is 0 Å². The molecule has 2 aromatic carbocycles. The Morgan fingerprint density at radius 1 is 0.850 bits per heavy atom. The first-order valence-electron chi connectivity index (χ1n) is 13.5. The van der Waals surface area contributed by atoms with Crippen molar-refractivity contribution in [1.82, 2.24) is 21.3 Å². The van der Waals surface area contributed by atoms with E-state index in [1.807, 2.05) is 6.92 Å². The number of aromatic hydroxyl groups is 2. The van der Waals surface area contributed by atoms with Gasteiger partial charge in [0.25, 0.3) is 0 Å². The lowest BCUT2D eigenvalue weighted by Crippen LogP contribution is -2.58. The van der Waals surface area contributed by atoms with E-state index in [2.05, 4.69) is 21.3 Å².